The van der Waals surface area contributed by atoms with Gasteiger partial charge in [-0.3, -0.25) is 4.79 Å². The lowest BCUT2D eigenvalue weighted by Crippen LogP contribution is -2.12. The highest BCUT2D eigenvalue weighted by molar-refractivity contribution is 5.70. The van der Waals surface area contributed by atoms with E-state index in [2.05, 4.69) is 0 Å². The van der Waals surface area contributed by atoms with Gasteiger partial charge in [0.25, 0.3) is 0 Å². The van der Waals surface area contributed by atoms with Crippen molar-refractivity contribution >= 4 is 5.97 Å². The molecule has 1 N–H and O–H groups in total. The van der Waals surface area contributed by atoms with E-state index >= 15 is 0 Å². The van der Waals surface area contributed by atoms with E-state index in [1.165, 1.54) is 0 Å². The molecule has 0 radical (unpaired) electrons. The lowest BCUT2D eigenvalue weighted by molar-refractivity contribution is -0.141. The van der Waals surface area contributed by atoms with Crippen LogP contribution in [0.1, 0.15) is 12.5 Å². The number of hydrogen-bond acceptors (Lipinski definition) is 3. The molecule has 0 spiro atoms. The smallest absolute Gasteiger partial charge is 0.306 e. The zero-order chi connectivity index (χ0) is 12.1. The number of rotatable bonds is 5. The molecule has 0 bridgehead atoms. The van der Waals surface area contributed by atoms with Crippen molar-refractivity contribution in [1.29, 1.82) is 0 Å². The zero-order valence-electron chi connectivity index (χ0n) is 9.69. The molecular formula is C12H16O4. The second-order valence-electron chi connectivity index (χ2n) is 3.66. The standard InChI is InChI=1S/C12H16O4/c1-8(12(13)14)4-9-5-10(15-2)7-11(6-9)16-3/h5-8H,4H2,1-3H3,(H,13,14)/t8-/m1/s1. The first-order chi connectivity index (χ1) is 7.56. The molecule has 4 nitrogen and oxygen atoms in total. The number of carboxylic acids is 1. The molecule has 0 heterocycles. The van der Waals surface area contributed by atoms with Crippen molar-refractivity contribution in [2.24, 2.45) is 5.92 Å². The monoisotopic (exact) mass is 224 g/mol. The van der Waals surface area contributed by atoms with Crippen LogP contribution in [-0.4, -0.2) is 25.3 Å². The average Bonchev–Trinajstić information content (AvgIpc) is 2.28. The van der Waals surface area contributed by atoms with Crippen LogP contribution in [0.4, 0.5) is 0 Å². The van der Waals surface area contributed by atoms with Crippen LogP contribution in [0.15, 0.2) is 18.2 Å². The molecule has 0 saturated heterocycles. The summed E-state index contributed by atoms with van der Waals surface area (Å²) in [5, 5.41) is 8.83. The zero-order valence-corrected chi connectivity index (χ0v) is 9.69. The molecule has 0 aromatic heterocycles. The van der Waals surface area contributed by atoms with Gasteiger partial charge in [-0.15, -0.1) is 0 Å². The molecule has 1 aromatic carbocycles. The van der Waals surface area contributed by atoms with Gasteiger partial charge < -0.3 is 14.6 Å². The van der Waals surface area contributed by atoms with Crippen LogP contribution in [-0.2, 0) is 11.2 Å². The molecule has 1 atom stereocenters. The van der Waals surface area contributed by atoms with Gasteiger partial charge in [0, 0.05) is 6.07 Å². The van der Waals surface area contributed by atoms with Gasteiger partial charge >= 0.3 is 5.97 Å². The third-order valence-corrected chi connectivity index (χ3v) is 2.37. The summed E-state index contributed by atoms with van der Waals surface area (Å²) in [5.41, 5.74) is 0.895. The lowest BCUT2D eigenvalue weighted by Gasteiger charge is -2.10. The van der Waals surface area contributed by atoms with Crippen molar-refractivity contribution in [3.63, 3.8) is 0 Å². The van der Waals surface area contributed by atoms with Gasteiger partial charge in [-0.2, -0.15) is 0 Å². The van der Waals surface area contributed by atoms with Crippen LogP contribution < -0.4 is 9.47 Å². The molecule has 1 rings (SSSR count). The van der Waals surface area contributed by atoms with Crippen LogP contribution >= 0.6 is 0 Å². The maximum absolute atomic E-state index is 10.8. The topological polar surface area (TPSA) is 55.8 Å². The fraction of sp³-hybridized carbons (Fsp3) is 0.417. The van der Waals surface area contributed by atoms with Crippen LogP contribution in [0.2, 0.25) is 0 Å². The second kappa shape index (κ2) is 5.39. The fourth-order valence-electron chi connectivity index (χ4n) is 1.43. The Bertz CT molecular complexity index is 351. The molecule has 1 aromatic rings. The minimum absolute atomic E-state index is 0.420. The molecule has 4 heteroatoms. The Morgan fingerprint density at radius 1 is 1.25 bits per heavy atom. The van der Waals surface area contributed by atoms with Gasteiger partial charge in [-0.25, -0.2) is 0 Å². The summed E-state index contributed by atoms with van der Waals surface area (Å²) in [4.78, 5) is 10.8. The number of ether oxygens (including phenoxy) is 2. The molecule has 0 aliphatic carbocycles. The van der Waals surface area contributed by atoms with E-state index < -0.39 is 11.9 Å². The number of methoxy groups -OCH3 is 2. The highest BCUT2D eigenvalue weighted by atomic mass is 16.5. The Kier molecular flexibility index (Phi) is 4.17. The Morgan fingerprint density at radius 3 is 2.12 bits per heavy atom. The molecule has 0 aliphatic heterocycles. The molecule has 0 saturated carbocycles. The molecule has 0 amide bonds. The molecular weight excluding hydrogens is 208 g/mol. The summed E-state index contributed by atoms with van der Waals surface area (Å²) in [6.07, 6.45) is 0.461. The number of carbonyl (C=O) groups is 1. The van der Waals surface area contributed by atoms with Crippen molar-refractivity contribution in [3.8, 4) is 11.5 Å². The van der Waals surface area contributed by atoms with Crippen molar-refractivity contribution in [2.45, 2.75) is 13.3 Å². The summed E-state index contributed by atoms with van der Waals surface area (Å²) < 4.78 is 10.2. The summed E-state index contributed by atoms with van der Waals surface area (Å²) in [5.74, 6) is 0.123. The summed E-state index contributed by atoms with van der Waals surface area (Å²) in [6.45, 7) is 1.67. The summed E-state index contributed by atoms with van der Waals surface area (Å²) in [6, 6.07) is 5.40. The Morgan fingerprint density at radius 2 is 1.75 bits per heavy atom. The van der Waals surface area contributed by atoms with Crippen molar-refractivity contribution < 1.29 is 19.4 Å². The molecule has 16 heavy (non-hydrogen) atoms. The van der Waals surface area contributed by atoms with E-state index in [0.29, 0.717) is 17.9 Å². The van der Waals surface area contributed by atoms with E-state index in [1.807, 2.05) is 12.1 Å². The van der Waals surface area contributed by atoms with Gasteiger partial charge in [-0.1, -0.05) is 6.92 Å². The third-order valence-electron chi connectivity index (χ3n) is 2.37. The first kappa shape index (κ1) is 12.4. The number of carboxylic acid groups (broad SMARTS) is 1. The van der Waals surface area contributed by atoms with E-state index in [0.717, 1.165) is 5.56 Å². The van der Waals surface area contributed by atoms with E-state index in [1.54, 1.807) is 27.2 Å². The predicted octanol–water partition coefficient (Wildman–Crippen LogP) is 1.97. The first-order valence-corrected chi connectivity index (χ1v) is 5.01. The Hall–Kier alpha value is -1.71. The molecule has 0 unspecified atom stereocenters. The van der Waals surface area contributed by atoms with Crippen LogP contribution in [0.5, 0.6) is 11.5 Å². The minimum Gasteiger partial charge on any atom is -0.497 e. The van der Waals surface area contributed by atoms with E-state index in [4.69, 9.17) is 14.6 Å². The van der Waals surface area contributed by atoms with Gasteiger partial charge in [0.2, 0.25) is 0 Å². The van der Waals surface area contributed by atoms with Gasteiger partial charge in [-0.05, 0) is 24.1 Å². The Balaban J connectivity index is 2.90. The van der Waals surface area contributed by atoms with Crippen molar-refractivity contribution in [1.82, 2.24) is 0 Å². The molecule has 88 valence electrons. The third kappa shape index (κ3) is 3.15. The fourth-order valence-corrected chi connectivity index (χ4v) is 1.43. The maximum Gasteiger partial charge on any atom is 0.306 e. The lowest BCUT2D eigenvalue weighted by atomic mass is 10.0. The van der Waals surface area contributed by atoms with Crippen LogP contribution in [0.25, 0.3) is 0 Å². The number of aliphatic carboxylic acids is 1. The quantitative estimate of drug-likeness (QED) is 0.830. The number of benzene rings is 1. The Labute approximate surface area is 94.8 Å². The minimum atomic E-state index is -0.804. The van der Waals surface area contributed by atoms with Crippen molar-refractivity contribution in [3.05, 3.63) is 23.8 Å². The van der Waals surface area contributed by atoms with Gasteiger partial charge in [0.05, 0.1) is 20.1 Å². The second-order valence-corrected chi connectivity index (χ2v) is 3.66. The van der Waals surface area contributed by atoms with Crippen LogP contribution in [0, 0.1) is 5.92 Å². The van der Waals surface area contributed by atoms with Crippen molar-refractivity contribution in [2.75, 3.05) is 14.2 Å². The van der Waals surface area contributed by atoms with Crippen LogP contribution in [0.3, 0.4) is 0 Å². The molecule has 0 fully saturated rings. The molecule has 0 aliphatic rings. The average molecular weight is 224 g/mol. The largest absolute Gasteiger partial charge is 0.497 e. The highest BCUT2D eigenvalue weighted by Crippen LogP contribution is 2.24. The SMILES string of the molecule is COc1cc(C[C@@H](C)C(=O)O)cc(OC)c1. The van der Waals surface area contributed by atoms with Gasteiger partial charge in [0.15, 0.2) is 0 Å². The van der Waals surface area contributed by atoms with E-state index in [-0.39, 0.29) is 0 Å². The first-order valence-electron chi connectivity index (χ1n) is 5.01. The maximum atomic E-state index is 10.8. The summed E-state index contributed by atoms with van der Waals surface area (Å²) in [7, 11) is 3.14. The highest BCUT2D eigenvalue weighted by Gasteiger charge is 2.12. The number of hydrogen-bond donors (Lipinski definition) is 1. The predicted molar refractivity (Wildman–Crippen MR) is 60.0 cm³/mol. The van der Waals surface area contributed by atoms with E-state index in [9.17, 15) is 4.79 Å². The summed E-state index contributed by atoms with van der Waals surface area (Å²) >= 11 is 0. The normalized spacial score (nSPS) is 11.9. The van der Waals surface area contributed by atoms with Gasteiger partial charge in [0.1, 0.15) is 11.5 Å².